The Balaban J connectivity index is 0. The lowest BCUT2D eigenvalue weighted by atomic mass is 10.3. The number of rotatable bonds is 5. The van der Waals surface area contributed by atoms with Gasteiger partial charge in [-0.15, -0.1) is 0 Å². The van der Waals surface area contributed by atoms with Gasteiger partial charge in [-0.05, 0) is 6.42 Å². The van der Waals surface area contributed by atoms with Crippen molar-refractivity contribution >= 4 is 0 Å². The van der Waals surface area contributed by atoms with Gasteiger partial charge in [0, 0.05) is 6.61 Å². The minimum atomic E-state index is 0.0590. The Bertz CT molecular complexity index is 42.6. The van der Waals surface area contributed by atoms with Crippen LogP contribution in [-0.4, -0.2) is 30.0 Å². The Morgan fingerprint density at radius 3 is 1.91 bits per heavy atom. The molecule has 0 aliphatic heterocycles. The lowest BCUT2D eigenvalue weighted by Gasteiger charge is -1.85. The molecule has 0 heterocycles. The lowest BCUT2D eigenvalue weighted by molar-refractivity contribution is 0.162. The van der Waals surface area contributed by atoms with Crippen molar-refractivity contribution in [1.82, 2.24) is 0 Å². The monoisotopic (exact) mass is 163 g/mol. The summed E-state index contributed by atoms with van der Waals surface area (Å²) >= 11 is 0. The van der Waals surface area contributed by atoms with Gasteiger partial charge in [0.05, 0.1) is 20.3 Å². The van der Waals surface area contributed by atoms with Crippen LogP contribution in [-0.2, 0) is 4.74 Å². The van der Waals surface area contributed by atoms with Gasteiger partial charge in [-0.3, -0.25) is 0 Å². The SMILES string of the molecule is CCCCCO.[CH2]OCCO. The maximum Gasteiger partial charge on any atom is 0.0701 e. The van der Waals surface area contributed by atoms with Crippen molar-refractivity contribution in [2.45, 2.75) is 26.2 Å². The summed E-state index contributed by atoms with van der Waals surface area (Å²) < 4.78 is 4.19. The summed E-state index contributed by atoms with van der Waals surface area (Å²) in [4.78, 5) is 0. The zero-order chi connectivity index (χ0) is 8.95. The average molecular weight is 163 g/mol. The zero-order valence-corrected chi connectivity index (χ0v) is 7.25. The number of aliphatic hydroxyl groups excluding tert-OH is 2. The fourth-order valence-corrected chi connectivity index (χ4v) is 0.426. The Kier molecular flexibility index (Phi) is 20.2. The quantitative estimate of drug-likeness (QED) is 0.593. The Hall–Kier alpha value is -0.120. The first kappa shape index (κ1) is 13.5. The van der Waals surface area contributed by atoms with Crippen molar-refractivity contribution in [3.05, 3.63) is 7.11 Å². The van der Waals surface area contributed by atoms with E-state index in [-0.39, 0.29) is 6.61 Å². The number of unbranched alkanes of at least 4 members (excludes halogenated alkanes) is 2. The third-order valence-electron chi connectivity index (χ3n) is 0.997. The highest BCUT2D eigenvalue weighted by Gasteiger charge is 1.76. The van der Waals surface area contributed by atoms with E-state index in [2.05, 4.69) is 18.8 Å². The molecule has 0 bridgehead atoms. The molecule has 0 saturated carbocycles. The van der Waals surface area contributed by atoms with Crippen LogP contribution >= 0.6 is 0 Å². The average Bonchev–Trinajstić information content (AvgIpc) is 2.04. The molecule has 0 aliphatic rings. The van der Waals surface area contributed by atoms with Crippen LogP contribution in [0.4, 0.5) is 0 Å². The topological polar surface area (TPSA) is 49.7 Å². The van der Waals surface area contributed by atoms with Crippen LogP contribution in [0.5, 0.6) is 0 Å². The normalized spacial score (nSPS) is 8.73. The second kappa shape index (κ2) is 16.5. The van der Waals surface area contributed by atoms with Crippen molar-refractivity contribution in [1.29, 1.82) is 0 Å². The summed E-state index contributed by atoms with van der Waals surface area (Å²) in [5.41, 5.74) is 0. The Labute approximate surface area is 69.0 Å². The third kappa shape index (κ3) is 25.8. The first-order chi connectivity index (χ1) is 5.33. The summed E-state index contributed by atoms with van der Waals surface area (Å²) in [6.45, 7) is 2.87. The molecular weight excluding hydrogens is 144 g/mol. The first-order valence-corrected chi connectivity index (χ1v) is 3.92. The molecule has 0 rings (SSSR count). The predicted molar refractivity (Wildman–Crippen MR) is 45.0 cm³/mol. The van der Waals surface area contributed by atoms with E-state index < -0.39 is 0 Å². The summed E-state index contributed by atoms with van der Waals surface area (Å²) in [6, 6.07) is 0. The minimum absolute atomic E-state index is 0.0590. The van der Waals surface area contributed by atoms with E-state index in [1.54, 1.807) is 0 Å². The van der Waals surface area contributed by atoms with Gasteiger partial charge in [0.1, 0.15) is 0 Å². The van der Waals surface area contributed by atoms with Gasteiger partial charge in [-0.1, -0.05) is 19.8 Å². The molecule has 1 radical (unpaired) electrons. The van der Waals surface area contributed by atoms with Crippen LogP contribution in [0.1, 0.15) is 26.2 Å². The molecule has 0 amide bonds. The smallest absolute Gasteiger partial charge is 0.0701 e. The summed E-state index contributed by atoms with van der Waals surface area (Å²) in [7, 11) is 3.02. The van der Waals surface area contributed by atoms with E-state index in [0.29, 0.717) is 13.2 Å². The lowest BCUT2D eigenvalue weighted by Crippen LogP contribution is -1.89. The Morgan fingerprint density at radius 1 is 1.18 bits per heavy atom. The summed E-state index contributed by atoms with van der Waals surface area (Å²) in [6.07, 6.45) is 3.33. The highest BCUT2D eigenvalue weighted by Crippen LogP contribution is 1.89. The first-order valence-electron chi connectivity index (χ1n) is 3.92. The van der Waals surface area contributed by atoms with Gasteiger partial charge in [-0.25, -0.2) is 0 Å². The van der Waals surface area contributed by atoms with Crippen LogP contribution in [0.3, 0.4) is 0 Å². The zero-order valence-electron chi connectivity index (χ0n) is 7.25. The maximum atomic E-state index is 8.20. The van der Waals surface area contributed by atoms with E-state index in [1.807, 2.05) is 0 Å². The number of hydrogen-bond acceptors (Lipinski definition) is 3. The van der Waals surface area contributed by atoms with E-state index in [4.69, 9.17) is 10.2 Å². The molecule has 0 fully saturated rings. The van der Waals surface area contributed by atoms with Crippen LogP contribution in [0.25, 0.3) is 0 Å². The molecule has 0 spiro atoms. The van der Waals surface area contributed by atoms with Crippen molar-refractivity contribution in [2.24, 2.45) is 0 Å². The van der Waals surface area contributed by atoms with Crippen LogP contribution < -0.4 is 0 Å². The highest BCUT2D eigenvalue weighted by molar-refractivity contribution is 4.30. The van der Waals surface area contributed by atoms with Crippen molar-refractivity contribution in [3.63, 3.8) is 0 Å². The van der Waals surface area contributed by atoms with Crippen molar-refractivity contribution in [2.75, 3.05) is 19.8 Å². The standard InChI is InChI=1S/C5H12O.C3H7O2/c1-2-3-4-5-6;1-5-3-2-4/h6H,2-5H2,1H3;4H,1-3H2. The molecule has 0 unspecified atom stereocenters. The van der Waals surface area contributed by atoms with Gasteiger partial charge in [0.15, 0.2) is 0 Å². The molecule has 0 saturated heterocycles. The van der Waals surface area contributed by atoms with E-state index in [1.165, 1.54) is 6.42 Å². The van der Waals surface area contributed by atoms with E-state index >= 15 is 0 Å². The third-order valence-corrected chi connectivity index (χ3v) is 0.997. The maximum absolute atomic E-state index is 8.20. The minimum Gasteiger partial charge on any atom is -0.396 e. The molecule has 3 heteroatoms. The van der Waals surface area contributed by atoms with Gasteiger partial charge < -0.3 is 14.9 Å². The van der Waals surface area contributed by atoms with Crippen molar-refractivity contribution in [3.8, 4) is 0 Å². The van der Waals surface area contributed by atoms with Crippen molar-refractivity contribution < 1.29 is 14.9 Å². The van der Waals surface area contributed by atoms with Crippen LogP contribution in [0.15, 0.2) is 0 Å². The molecule has 3 nitrogen and oxygen atoms in total. The fraction of sp³-hybridized carbons (Fsp3) is 0.875. The number of ether oxygens (including phenoxy) is 1. The predicted octanol–water partition coefficient (Wildman–Crippen LogP) is 0.956. The Morgan fingerprint density at radius 2 is 1.82 bits per heavy atom. The highest BCUT2D eigenvalue weighted by atomic mass is 16.5. The largest absolute Gasteiger partial charge is 0.396 e. The van der Waals surface area contributed by atoms with Gasteiger partial charge in [0.2, 0.25) is 0 Å². The van der Waals surface area contributed by atoms with Crippen LogP contribution in [0, 0.1) is 7.11 Å². The van der Waals surface area contributed by atoms with Gasteiger partial charge in [-0.2, -0.15) is 0 Å². The number of hydrogen-bond donors (Lipinski definition) is 2. The van der Waals surface area contributed by atoms with Crippen LogP contribution in [0.2, 0.25) is 0 Å². The second-order valence-corrected chi connectivity index (χ2v) is 2.06. The molecule has 69 valence electrons. The fourth-order valence-electron chi connectivity index (χ4n) is 0.426. The summed E-state index contributed by atoms with van der Waals surface area (Å²) in [5, 5.41) is 16.1. The summed E-state index contributed by atoms with van der Waals surface area (Å²) in [5.74, 6) is 0. The molecule has 0 aromatic heterocycles. The molecule has 11 heavy (non-hydrogen) atoms. The van der Waals surface area contributed by atoms with Gasteiger partial charge >= 0.3 is 0 Å². The molecule has 2 N–H and O–H groups in total. The van der Waals surface area contributed by atoms with E-state index in [0.717, 1.165) is 12.8 Å². The second-order valence-electron chi connectivity index (χ2n) is 2.06. The molecule has 0 aromatic carbocycles. The molecule has 0 atom stereocenters. The molecular formula is C8H19O3. The van der Waals surface area contributed by atoms with Gasteiger partial charge in [0.25, 0.3) is 0 Å². The molecule has 0 aliphatic carbocycles. The number of aliphatic hydroxyl groups is 2. The van der Waals surface area contributed by atoms with E-state index in [9.17, 15) is 0 Å². The molecule has 0 aromatic rings.